The molecule has 0 bridgehead atoms. The number of likely N-dealkylation sites (tertiary alicyclic amines) is 1. The monoisotopic (exact) mass is 495 g/mol. The molecule has 3 amide bonds. The highest BCUT2D eigenvalue weighted by Crippen LogP contribution is 2.41. The highest BCUT2D eigenvalue weighted by atomic mass is 19.4. The van der Waals surface area contributed by atoms with Gasteiger partial charge in [-0.2, -0.15) is 13.2 Å². The zero-order valence-electron chi connectivity index (χ0n) is 19.5. The number of rotatable bonds is 7. The fourth-order valence-corrected chi connectivity index (χ4v) is 4.53. The van der Waals surface area contributed by atoms with Crippen LogP contribution in [0.3, 0.4) is 0 Å². The second-order valence-electron chi connectivity index (χ2n) is 8.85. The number of pyridine rings is 1. The first-order chi connectivity index (χ1) is 17.1. The van der Waals surface area contributed by atoms with Crippen LogP contribution in [0.25, 0.3) is 0 Å². The molecule has 0 saturated carbocycles. The van der Waals surface area contributed by atoms with Crippen molar-refractivity contribution in [2.45, 2.75) is 37.5 Å². The van der Waals surface area contributed by atoms with Gasteiger partial charge in [-0.3, -0.25) is 24.3 Å². The minimum absolute atomic E-state index is 0.0169. The maximum absolute atomic E-state index is 13.7. The van der Waals surface area contributed by atoms with E-state index in [0.29, 0.717) is 11.1 Å². The summed E-state index contributed by atoms with van der Waals surface area (Å²) in [5.41, 5.74) is -1.15. The summed E-state index contributed by atoms with van der Waals surface area (Å²) in [5.74, 6) is -1.48. The lowest BCUT2D eigenvalue weighted by atomic mass is 9.75. The van der Waals surface area contributed by atoms with Gasteiger partial charge in [0.15, 0.2) is 0 Å². The van der Waals surface area contributed by atoms with Gasteiger partial charge in [-0.1, -0.05) is 54.6 Å². The second-order valence-corrected chi connectivity index (χ2v) is 8.85. The van der Waals surface area contributed by atoms with Gasteiger partial charge >= 0.3 is 6.18 Å². The van der Waals surface area contributed by atoms with Crippen molar-refractivity contribution in [2.24, 2.45) is 0 Å². The number of benzene rings is 2. The van der Waals surface area contributed by atoms with Crippen molar-refractivity contribution >= 4 is 17.7 Å². The number of imide groups is 1. The van der Waals surface area contributed by atoms with Gasteiger partial charge in [-0.05, 0) is 28.8 Å². The zero-order valence-corrected chi connectivity index (χ0v) is 19.5. The van der Waals surface area contributed by atoms with E-state index in [2.05, 4.69) is 4.98 Å². The van der Waals surface area contributed by atoms with E-state index in [1.54, 1.807) is 54.9 Å². The molecular weight excluding hydrogens is 471 g/mol. The first-order valence-corrected chi connectivity index (χ1v) is 11.3. The molecule has 1 saturated heterocycles. The Morgan fingerprint density at radius 2 is 1.72 bits per heavy atom. The molecule has 1 aromatic heterocycles. The van der Waals surface area contributed by atoms with E-state index < -0.39 is 34.9 Å². The molecule has 0 aliphatic carbocycles. The summed E-state index contributed by atoms with van der Waals surface area (Å²) in [6.45, 7) is -0.274. The molecule has 36 heavy (non-hydrogen) atoms. The van der Waals surface area contributed by atoms with Crippen molar-refractivity contribution < 1.29 is 27.6 Å². The highest BCUT2D eigenvalue weighted by molar-refractivity contribution is 6.10. The molecule has 2 aromatic carbocycles. The van der Waals surface area contributed by atoms with Gasteiger partial charge < -0.3 is 4.90 Å². The van der Waals surface area contributed by atoms with Gasteiger partial charge in [0.05, 0.1) is 17.5 Å². The summed E-state index contributed by atoms with van der Waals surface area (Å²) in [4.78, 5) is 46.3. The fourth-order valence-electron chi connectivity index (χ4n) is 4.53. The number of carbonyl (C=O) groups excluding carboxylic acids is 3. The lowest BCUT2D eigenvalue weighted by molar-refractivity contribution is -0.143. The minimum Gasteiger partial charge on any atom is -0.341 e. The molecule has 6 nitrogen and oxygen atoms in total. The summed E-state index contributed by atoms with van der Waals surface area (Å²) in [6.07, 6.45) is -1.99. The molecule has 9 heteroatoms. The predicted molar refractivity (Wildman–Crippen MR) is 125 cm³/mol. The van der Waals surface area contributed by atoms with Crippen molar-refractivity contribution in [1.82, 2.24) is 14.8 Å². The van der Waals surface area contributed by atoms with Gasteiger partial charge in [0.1, 0.15) is 0 Å². The van der Waals surface area contributed by atoms with Gasteiger partial charge in [-0.25, -0.2) is 0 Å². The normalized spacial score (nSPS) is 17.9. The standard InChI is InChI=1S/C27H24F3N3O3/c1-32(18-20-9-5-6-12-22(20)27(28,29)30)23(34)14-26(21-10-3-2-4-11-21)15-24(35)33(25(26)36)17-19-8-7-13-31-16-19/h2-13,16H,14-15,17-18H2,1H3/t26-/m1/s1. The average Bonchev–Trinajstić information content (AvgIpc) is 3.09. The molecular formula is C27H24F3N3O3. The molecule has 0 unspecified atom stereocenters. The Morgan fingerprint density at radius 3 is 2.39 bits per heavy atom. The largest absolute Gasteiger partial charge is 0.416 e. The molecule has 4 rings (SSSR count). The van der Waals surface area contributed by atoms with Crippen LogP contribution >= 0.6 is 0 Å². The number of halogens is 3. The Labute approximate surface area is 206 Å². The van der Waals surface area contributed by atoms with E-state index in [1.165, 1.54) is 25.2 Å². The SMILES string of the molecule is CN(Cc1ccccc1C(F)(F)F)C(=O)C[C@]1(c2ccccc2)CC(=O)N(Cc2cccnc2)C1=O. The van der Waals surface area contributed by atoms with E-state index >= 15 is 0 Å². The van der Waals surface area contributed by atoms with Crippen LogP contribution in [-0.2, 0) is 39.1 Å². The molecule has 1 fully saturated rings. The molecule has 0 N–H and O–H groups in total. The molecule has 3 aromatic rings. The maximum atomic E-state index is 13.7. The van der Waals surface area contributed by atoms with E-state index in [0.717, 1.165) is 15.9 Å². The van der Waals surface area contributed by atoms with Crippen molar-refractivity contribution in [3.63, 3.8) is 0 Å². The summed E-state index contributed by atoms with van der Waals surface area (Å²) < 4.78 is 40.3. The third-order valence-corrected chi connectivity index (χ3v) is 6.41. The lowest BCUT2D eigenvalue weighted by Gasteiger charge is -2.29. The summed E-state index contributed by atoms with van der Waals surface area (Å²) in [6, 6.07) is 17.0. The van der Waals surface area contributed by atoms with E-state index in [-0.39, 0.29) is 31.5 Å². The van der Waals surface area contributed by atoms with E-state index in [4.69, 9.17) is 0 Å². The zero-order chi connectivity index (χ0) is 25.9. The fraction of sp³-hybridized carbons (Fsp3) is 0.259. The van der Waals surface area contributed by atoms with Gasteiger partial charge in [0.25, 0.3) is 0 Å². The van der Waals surface area contributed by atoms with Crippen molar-refractivity contribution in [3.05, 3.63) is 101 Å². The predicted octanol–water partition coefficient (Wildman–Crippen LogP) is 4.35. The van der Waals surface area contributed by atoms with Crippen molar-refractivity contribution in [3.8, 4) is 0 Å². The number of amides is 3. The van der Waals surface area contributed by atoms with Crippen molar-refractivity contribution in [2.75, 3.05) is 7.05 Å². The molecule has 0 radical (unpaired) electrons. The first kappa shape index (κ1) is 25.1. The molecule has 1 aliphatic rings. The lowest BCUT2D eigenvalue weighted by Crippen LogP contribution is -2.42. The molecule has 186 valence electrons. The number of alkyl halides is 3. The van der Waals surface area contributed by atoms with Crippen LogP contribution in [0.2, 0.25) is 0 Å². The number of nitrogens with zero attached hydrogens (tertiary/aromatic N) is 3. The van der Waals surface area contributed by atoms with Gasteiger partial charge in [0, 0.05) is 38.8 Å². The van der Waals surface area contributed by atoms with Crippen LogP contribution < -0.4 is 0 Å². The third-order valence-electron chi connectivity index (χ3n) is 6.41. The highest BCUT2D eigenvalue weighted by Gasteiger charge is 2.54. The van der Waals surface area contributed by atoms with Crippen LogP contribution in [0, 0.1) is 0 Å². The molecule has 1 aliphatic heterocycles. The smallest absolute Gasteiger partial charge is 0.341 e. The Bertz CT molecular complexity index is 1270. The molecule has 1 atom stereocenters. The van der Waals surface area contributed by atoms with Crippen LogP contribution in [0.1, 0.15) is 35.1 Å². The summed E-state index contributed by atoms with van der Waals surface area (Å²) in [7, 11) is 1.39. The van der Waals surface area contributed by atoms with Crippen LogP contribution in [0.15, 0.2) is 79.1 Å². The second kappa shape index (κ2) is 9.93. The minimum atomic E-state index is -4.56. The number of carbonyl (C=O) groups is 3. The Kier molecular flexibility index (Phi) is 6.92. The quantitative estimate of drug-likeness (QED) is 0.457. The molecule has 0 spiro atoms. The van der Waals surface area contributed by atoms with Crippen molar-refractivity contribution in [1.29, 1.82) is 0 Å². The van der Waals surface area contributed by atoms with Crippen LogP contribution in [0.5, 0.6) is 0 Å². The average molecular weight is 496 g/mol. The van der Waals surface area contributed by atoms with E-state index in [1.807, 2.05) is 0 Å². The number of hydrogen-bond donors (Lipinski definition) is 0. The van der Waals surface area contributed by atoms with Gasteiger partial charge in [-0.15, -0.1) is 0 Å². The Morgan fingerprint density at radius 1 is 1.03 bits per heavy atom. The number of hydrogen-bond acceptors (Lipinski definition) is 4. The summed E-state index contributed by atoms with van der Waals surface area (Å²) >= 11 is 0. The van der Waals surface area contributed by atoms with Crippen LogP contribution in [0.4, 0.5) is 13.2 Å². The van der Waals surface area contributed by atoms with Crippen LogP contribution in [-0.4, -0.2) is 39.6 Å². The Hall–Kier alpha value is -4.01. The first-order valence-electron chi connectivity index (χ1n) is 11.3. The Balaban J connectivity index is 1.62. The molecule has 2 heterocycles. The summed E-state index contributed by atoms with van der Waals surface area (Å²) in [5, 5.41) is 0. The number of aromatic nitrogens is 1. The van der Waals surface area contributed by atoms with Gasteiger partial charge in [0.2, 0.25) is 17.7 Å². The topological polar surface area (TPSA) is 70.6 Å². The van der Waals surface area contributed by atoms with E-state index in [9.17, 15) is 27.6 Å². The maximum Gasteiger partial charge on any atom is 0.416 e. The third kappa shape index (κ3) is 5.00.